The largest absolute Gasteiger partial charge is 0.355 e. The average molecular weight is 239 g/mol. The van der Waals surface area contributed by atoms with Crippen LogP contribution in [-0.4, -0.2) is 48.4 Å². The van der Waals surface area contributed by atoms with Gasteiger partial charge in [0.2, 0.25) is 11.8 Å². The minimum Gasteiger partial charge on any atom is -0.355 e. The molecule has 0 aromatic heterocycles. The Balaban J connectivity index is 1.70. The molecule has 17 heavy (non-hydrogen) atoms. The summed E-state index contributed by atoms with van der Waals surface area (Å²) < 4.78 is 0. The summed E-state index contributed by atoms with van der Waals surface area (Å²) in [6, 6.07) is 0.731. The molecule has 1 saturated heterocycles. The van der Waals surface area contributed by atoms with Crippen molar-refractivity contribution in [1.82, 2.24) is 15.5 Å². The lowest BCUT2D eigenvalue weighted by molar-refractivity contribution is -0.130. The van der Waals surface area contributed by atoms with E-state index in [1.54, 1.807) is 0 Å². The van der Waals surface area contributed by atoms with Gasteiger partial charge in [0.1, 0.15) is 0 Å². The first kappa shape index (κ1) is 12.4. The van der Waals surface area contributed by atoms with Crippen LogP contribution in [0.25, 0.3) is 0 Å². The van der Waals surface area contributed by atoms with Crippen LogP contribution >= 0.6 is 0 Å². The first-order chi connectivity index (χ1) is 8.20. The molecule has 1 aliphatic heterocycles. The van der Waals surface area contributed by atoms with Crippen LogP contribution in [-0.2, 0) is 9.59 Å². The van der Waals surface area contributed by atoms with E-state index in [2.05, 4.69) is 10.6 Å². The summed E-state index contributed by atoms with van der Waals surface area (Å²) in [7, 11) is 0. The van der Waals surface area contributed by atoms with Crippen molar-refractivity contribution in [3.05, 3.63) is 0 Å². The van der Waals surface area contributed by atoms with Crippen molar-refractivity contribution in [2.45, 2.75) is 44.7 Å². The standard InChI is InChI=1S/C12H21N3O2/c1-2-15(10-4-5-10)12(17)8-13-9-3-6-11(16)14-7-9/h9-10,13H,2-8H2,1H3,(H,14,16). The summed E-state index contributed by atoms with van der Waals surface area (Å²) in [4.78, 5) is 24.9. The molecule has 5 heteroatoms. The lowest BCUT2D eigenvalue weighted by Gasteiger charge is -2.25. The van der Waals surface area contributed by atoms with Crippen molar-refractivity contribution in [3.8, 4) is 0 Å². The molecule has 2 aliphatic rings. The topological polar surface area (TPSA) is 61.4 Å². The molecule has 1 atom stereocenters. The number of likely N-dealkylation sites (N-methyl/N-ethyl adjacent to an activating group) is 1. The van der Waals surface area contributed by atoms with Crippen LogP contribution < -0.4 is 10.6 Å². The molecule has 1 unspecified atom stereocenters. The third-order valence-electron chi connectivity index (χ3n) is 3.46. The Morgan fingerprint density at radius 3 is 2.76 bits per heavy atom. The number of amides is 2. The van der Waals surface area contributed by atoms with Crippen LogP contribution in [0.5, 0.6) is 0 Å². The quantitative estimate of drug-likeness (QED) is 0.702. The number of nitrogens with one attached hydrogen (secondary N) is 2. The predicted molar refractivity (Wildman–Crippen MR) is 64.4 cm³/mol. The Labute approximate surface area is 102 Å². The van der Waals surface area contributed by atoms with Gasteiger partial charge < -0.3 is 15.5 Å². The van der Waals surface area contributed by atoms with Gasteiger partial charge in [-0.25, -0.2) is 0 Å². The van der Waals surface area contributed by atoms with Gasteiger partial charge >= 0.3 is 0 Å². The Kier molecular flexibility index (Phi) is 3.99. The second kappa shape index (κ2) is 5.49. The summed E-state index contributed by atoms with van der Waals surface area (Å²) in [5, 5.41) is 6.04. The van der Waals surface area contributed by atoms with Gasteiger partial charge in [-0.2, -0.15) is 0 Å². The number of hydrogen-bond acceptors (Lipinski definition) is 3. The molecule has 2 N–H and O–H groups in total. The fraction of sp³-hybridized carbons (Fsp3) is 0.833. The number of carbonyl (C=O) groups excluding carboxylic acids is 2. The number of nitrogens with zero attached hydrogens (tertiary/aromatic N) is 1. The van der Waals surface area contributed by atoms with Crippen molar-refractivity contribution in [1.29, 1.82) is 0 Å². The third-order valence-corrected chi connectivity index (χ3v) is 3.46. The fourth-order valence-electron chi connectivity index (χ4n) is 2.26. The number of hydrogen-bond donors (Lipinski definition) is 2. The zero-order valence-electron chi connectivity index (χ0n) is 10.4. The molecule has 0 radical (unpaired) electrons. The predicted octanol–water partition coefficient (Wildman–Crippen LogP) is -0.134. The fourth-order valence-corrected chi connectivity index (χ4v) is 2.26. The zero-order chi connectivity index (χ0) is 12.3. The normalized spacial score (nSPS) is 24.3. The summed E-state index contributed by atoms with van der Waals surface area (Å²) in [6.45, 7) is 3.86. The smallest absolute Gasteiger partial charge is 0.236 e. The van der Waals surface area contributed by atoms with E-state index in [4.69, 9.17) is 0 Å². The molecule has 2 amide bonds. The molecule has 1 heterocycles. The van der Waals surface area contributed by atoms with E-state index in [-0.39, 0.29) is 17.9 Å². The maximum absolute atomic E-state index is 11.9. The van der Waals surface area contributed by atoms with Gasteiger partial charge in [0.25, 0.3) is 0 Å². The highest BCUT2D eigenvalue weighted by atomic mass is 16.2. The van der Waals surface area contributed by atoms with Crippen molar-refractivity contribution in [2.75, 3.05) is 19.6 Å². The first-order valence-electron chi connectivity index (χ1n) is 6.50. The van der Waals surface area contributed by atoms with Crippen LogP contribution in [0.4, 0.5) is 0 Å². The molecule has 0 bridgehead atoms. The van der Waals surface area contributed by atoms with Crippen molar-refractivity contribution in [2.24, 2.45) is 0 Å². The Bertz CT molecular complexity index is 292. The average Bonchev–Trinajstić information content (AvgIpc) is 3.14. The Hall–Kier alpha value is -1.10. The molecule has 0 aromatic carbocycles. The van der Waals surface area contributed by atoms with Crippen molar-refractivity contribution < 1.29 is 9.59 Å². The molecule has 0 aromatic rings. The molecule has 1 saturated carbocycles. The molecule has 2 fully saturated rings. The summed E-state index contributed by atoms with van der Waals surface area (Å²) >= 11 is 0. The first-order valence-corrected chi connectivity index (χ1v) is 6.50. The second-order valence-electron chi connectivity index (χ2n) is 4.83. The summed E-state index contributed by atoms with van der Waals surface area (Å²) in [6.07, 6.45) is 3.69. The Morgan fingerprint density at radius 1 is 1.47 bits per heavy atom. The summed E-state index contributed by atoms with van der Waals surface area (Å²) in [5.41, 5.74) is 0. The summed E-state index contributed by atoms with van der Waals surface area (Å²) in [5.74, 6) is 0.300. The van der Waals surface area contributed by atoms with Crippen molar-refractivity contribution >= 4 is 11.8 Å². The highest BCUT2D eigenvalue weighted by molar-refractivity contribution is 5.79. The molecule has 96 valence electrons. The van der Waals surface area contributed by atoms with Gasteiger partial charge in [-0.3, -0.25) is 9.59 Å². The highest BCUT2D eigenvalue weighted by Gasteiger charge is 2.31. The van der Waals surface area contributed by atoms with Crippen LogP contribution in [0.2, 0.25) is 0 Å². The van der Waals surface area contributed by atoms with Crippen molar-refractivity contribution in [3.63, 3.8) is 0 Å². The molecule has 5 nitrogen and oxygen atoms in total. The maximum Gasteiger partial charge on any atom is 0.236 e. The minimum atomic E-state index is 0.113. The minimum absolute atomic E-state index is 0.113. The Morgan fingerprint density at radius 2 is 2.24 bits per heavy atom. The van der Waals surface area contributed by atoms with Gasteiger partial charge in [-0.1, -0.05) is 0 Å². The number of carbonyl (C=O) groups is 2. The molecule has 2 rings (SSSR count). The third kappa shape index (κ3) is 3.43. The number of rotatable bonds is 5. The van der Waals surface area contributed by atoms with Gasteiger partial charge in [0.05, 0.1) is 6.54 Å². The van der Waals surface area contributed by atoms with Crippen LogP contribution in [0.15, 0.2) is 0 Å². The lowest BCUT2D eigenvalue weighted by atomic mass is 10.1. The second-order valence-corrected chi connectivity index (χ2v) is 4.83. The van der Waals surface area contributed by atoms with Crippen LogP contribution in [0.3, 0.4) is 0 Å². The van der Waals surface area contributed by atoms with E-state index < -0.39 is 0 Å². The number of piperidine rings is 1. The van der Waals surface area contributed by atoms with E-state index >= 15 is 0 Å². The van der Waals surface area contributed by atoms with E-state index in [1.165, 1.54) is 0 Å². The SMILES string of the molecule is CCN(C(=O)CNC1CCC(=O)NC1)C1CC1. The van der Waals surface area contributed by atoms with E-state index in [0.29, 0.717) is 25.6 Å². The van der Waals surface area contributed by atoms with Gasteiger partial charge in [0, 0.05) is 31.6 Å². The zero-order valence-corrected chi connectivity index (χ0v) is 10.4. The van der Waals surface area contributed by atoms with E-state index in [9.17, 15) is 9.59 Å². The monoisotopic (exact) mass is 239 g/mol. The van der Waals surface area contributed by atoms with Crippen LogP contribution in [0, 0.1) is 0 Å². The lowest BCUT2D eigenvalue weighted by Crippen LogP contribution is -2.49. The molecule has 1 aliphatic carbocycles. The van der Waals surface area contributed by atoms with Gasteiger partial charge in [0.15, 0.2) is 0 Å². The van der Waals surface area contributed by atoms with E-state index in [1.807, 2.05) is 11.8 Å². The van der Waals surface area contributed by atoms with E-state index in [0.717, 1.165) is 25.8 Å². The maximum atomic E-state index is 11.9. The molecular weight excluding hydrogens is 218 g/mol. The van der Waals surface area contributed by atoms with Crippen LogP contribution in [0.1, 0.15) is 32.6 Å². The van der Waals surface area contributed by atoms with Gasteiger partial charge in [-0.05, 0) is 26.2 Å². The molecular formula is C12H21N3O2. The molecule has 0 spiro atoms. The highest BCUT2D eigenvalue weighted by Crippen LogP contribution is 2.26. The van der Waals surface area contributed by atoms with Gasteiger partial charge in [-0.15, -0.1) is 0 Å².